The third-order valence-corrected chi connectivity index (χ3v) is 5.84. The van der Waals surface area contributed by atoms with Gasteiger partial charge in [-0.15, -0.1) is 0 Å². The lowest BCUT2D eigenvalue weighted by Crippen LogP contribution is -2.14. The quantitative estimate of drug-likeness (QED) is 0.448. The van der Waals surface area contributed by atoms with Gasteiger partial charge in [-0.2, -0.15) is 5.26 Å². The summed E-state index contributed by atoms with van der Waals surface area (Å²) in [6.45, 7) is 3.82. The van der Waals surface area contributed by atoms with Crippen LogP contribution in [0.4, 0.5) is 5.69 Å². The van der Waals surface area contributed by atoms with Gasteiger partial charge >= 0.3 is 0 Å². The van der Waals surface area contributed by atoms with Crippen molar-refractivity contribution < 1.29 is 13.2 Å². The monoisotopic (exact) mass is 454 g/mol. The van der Waals surface area contributed by atoms with Gasteiger partial charge in [0.1, 0.15) is 11.6 Å². The summed E-state index contributed by atoms with van der Waals surface area (Å²) in [6.07, 6.45) is 1.52. The van der Waals surface area contributed by atoms with Gasteiger partial charge in [0.25, 0.3) is 5.91 Å². The zero-order valence-electron chi connectivity index (χ0n) is 16.8. The van der Waals surface area contributed by atoms with Crippen LogP contribution in [0.5, 0.6) is 0 Å². The molecule has 158 valence electrons. The lowest BCUT2D eigenvalue weighted by atomic mass is 10.1. The van der Waals surface area contributed by atoms with E-state index in [4.69, 9.17) is 16.7 Å². The van der Waals surface area contributed by atoms with Gasteiger partial charge < -0.3 is 9.88 Å². The summed E-state index contributed by atoms with van der Waals surface area (Å²) >= 11 is 5.97. The van der Waals surface area contributed by atoms with Crippen LogP contribution >= 0.6 is 11.6 Å². The summed E-state index contributed by atoms with van der Waals surface area (Å²) in [4.78, 5) is 12.5. The van der Waals surface area contributed by atoms with Crippen molar-refractivity contribution >= 4 is 39.3 Å². The van der Waals surface area contributed by atoms with Crippen LogP contribution in [0.25, 0.3) is 11.8 Å². The molecular formula is C22H19ClN4O3S. The number of nitrogens with zero attached hydrogens (tertiary/aromatic N) is 2. The third-order valence-electron chi connectivity index (χ3n) is 4.66. The highest BCUT2D eigenvalue weighted by Gasteiger charge is 2.15. The van der Waals surface area contributed by atoms with Crippen molar-refractivity contribution in [2.24, 2.45) is 5.14 Å². The number of aryl methyl sites for hydroxylation is 1. The van der Waals surface area contributed by atoms with Gasteiger partial charge in [-0.05, 0) is 80.1 Å². The molecule has 0 atom stereocenters. The number of aromatic nitrogens is 1. The van der Waals surface area contributed by atoms with Gasteiger partial charge in [0, 0.05) is 27.8 Å². The van der Waals surface area contributed by atoms with Gasteiger partial charge in [-0.3, -0.25) is 4.79 Å². The number of hydrogen-bond acceptors (Lipinski definition) is 4. The normalized spacial score (nSPS) is 11.8. The molecule has 1 aromatic heterocycles. The maximum atomic E-state index is 12.6. The number of nitriles is 1. The second-order valence-corrected chi connectivity index (χ2v) is 8.83. The minimum Gasteiger partial charge on any atom is -0.321 e. The average Bonchev–Trinajstić information content (AvgIpc) is 2.99. The number of carbonyl (C=O) groups is 1. The molecule has 3 N–H and O–H groups in total. The molecule has 31 heavy (non-hydrogen) atoms. The standard InChI is InChI=1S/C22H19ClN4O3S/c1-14-11-16(15(2)27(14)20-7-3-18(23)4-8-20)12-17(13-24)22(28)26-19-5-9-21(10-6-19)31(25,29)30/h3-12H,1-2H3,(H,26,28)(H2,25,29,30)/b17-12+. The van der Waals surface area contributed by atoms with Gasteiger partial charge in [-0.25, -0.2) is 13.6 Å². The van der Waals surface area contributed by atoms with Crippen LogP contribution < -0.4 is 10.5 Å². The molecule has 9 heteroatoms. The SMILES string of the molecule is Cc1cc(/C=C(\C#N)C(=O)Nc2ccc(S(N)(=O)=O)cc2)c(C)n1-c1ccc(Cl)cc1. The molecule has 0 unspecified atom stereocenters. The van der Waals surface area contributed by atoms with Crippen molar-refractivity contribution in [2.45, 2.75) is 18.7 Å². The van der Waals surface area contributed by atoms with Crippen molar-refractivity contribution in [1.82, 2.24) is 4.57 Å². The fraction of sp³-hybridized carbons (Fsp3) is 0.0909. The number of hydrogen-bond donors (Lipinski definition) is 2. The number of carbonyl (C=O) groups excluding carboxylic acids is 1. The number of sulfonamides is 1. The second-order valence-electron chi connectivity index (χ2n) is 6.83. The van der Waals surface area contributed by atoms with Crippen LogP contribution in [-0.2, 0) is 14.8 Å². The number of nitrogens with two attached hydrogens (primary N) is 1. The molecule has 0 fully saturated rings. The molecule has 0 saturated heterocycles. The first kappa shape index (κ1) is 22.3. The minimum absolute atomic E-state index is 0.0730. The van der Waals surface area contributed by atoms with E-state index >= 15 is 0 Å². The molecule has 3 aromatic rings. The summed E-state index contributed by atoms with van der Waals surface area (Å²) in [5.74, 6) is -0.609. The Labute approximate surface area is 185 Å². The Hall–Kier alpha value is -3.38. The molecule has 0 aliphatic carbocycles. The molecular weight excluding hydrogens is 436 g/mol. The maximum absolute atomic E-state index is 12.6. The Kier molecular flexibility index (Phi) is 6.32. The van der Waals surface area contributed by atoms with E-state index in [0.29, 0.717) is 10.7 Å². The molecule has 0 spiro atoms. The first-order chi connectivity index (χ1) is 14.6. The fourth-order valence-corrected chi connectivity index (χ4v) is 3.79. The summed E-state index contributed by atoms with van der Waals surface area (Å²) in [5, 5.41) is 17.8. The zero-order valence-corrected chi connectivity index (χ0v) is 18.3. The summed E-state index contributed by atoms with van der Waals surface area (Å²) in [5.41, 5.74) is 3.68. The predicted molar refractivity (Wildman–Crippen MR) is 120 cm³/mol. The van der Waals surface area contributed by atoms with Crippen LogP contribution in [0.2, 0.25) is 5.02 Å². The minimum atomic E-state index is -3.83. The zero-order chi connectivity index (χ0) is 22.8. The first-order valence-corrected chi connectivity index (χ1v) is 11.0. The number of nitrogens with one attached hydrogen (secondary N) is 1. The number of primary sulfonamides is 1. The maximum Gasteiger partial charge on any atom is 0.266 e. The molecule has 0 bridgehead atoms. The van der Waals surface area contributed by atoms with Crippen molar-refractivity contribution in [3.8, 4) is 11.8 Å². The Morgan fingerprint density at radius 2 is 1.74 bits per heavy atom. The van der Waals surface area contributed by atoms with Crippen LogP contribution in [0.3, 0.4) is 0 Å². The number of benzene rings is 2. The Bertz CT molecular complexity index is 1320. The highest BCUT2D eigenvalue weighted by molar-refractivity contribution is 7.89. The molecule has 0 aliphatic rings. The molecule has 1 amide bonds. The van der Waals surface area contributed by atoms with Gasteiger partial charge in [-0.1, -0.05) is 11.6 Å². The first-order valence-electron chi connectivity index (χ1n) is 9.11. The Morgan fingerprint density at radius 1 is 1.13 bits per heavy atom. The molecule has 0 radical (unpaired) electrons. The summed E-state index contributed by atoms with van der Waals surface area (Å²) in [6, 6.07) is 16.5. The molecule has 0 aliphatic heterocycles. The molecule has 3 rings (SSSR count). The van der Waals surface area contributed by atoms with E-state index in [0.717, 1.165) is 22.6 Å². The van der Waals surface area contributed by atoms with Crippen LogP contribution in [0.1, 0.15) is 17.0 Å². The molecule has 7 nitrogen and oxygen atoms in total. The third kappa shape index (κ3) is 5.03. The van der Waals surface area contributed by atoms with Crippen molar-refractivity contribution in [2.75, 3.05) is 5.32 Å². The Morgan fingerprint density at radius 3 is 2.29 bits per heavy atom. The van der Waals surface area contributed by atoms with Crippen LogP contribution in [-0.4, -0.2) is 18.9 Å². The van der Waals surface area contributed by atoms with Crippen molar-refractivity contribution in [3.05, 3.63) is 82.1 Å². The van der Waals surface area contributed by atoms with Gasteiger partial charge in [0.2, 0.25) is 10.0 Å². The average molecular weight is 455 g/mol. The van der Waals surface area contributed by atoms with E-state index in [-0.39, 0.29) is 10.5 Å². The lowest BCUT2D eigenvalue weighted by molar-refractivity contribution is -0.112. The van der Waals surface area contributed by atoms with Gasteiger partial charge in [0.15, 0.2) is 0 Å². The van der Waals surface area contributed by atoms with E-state index < -0.39 is 15.9 Å². The summed E-state index contributed by atoms with van der Waals surface area (Å²) in [7, 11) is -3.83. The van der Waals surface area contributed by atoms with Crippen LogP contribution in [0.15, 0.2) is 65.1 Å². The van der Waals surface area contributed by atoms with Crippen molar-refractivity contribution in [3.63, 3.8) is 0 Å². The van der Waals surface area contributed by atoms with E-state index in [2.05, 4.69) is 5.32 Å². The lowest BCUT2D eigenvalue weighted by Gasteiger charge is -2.09. The Balaban J connectivity index is 1.88. The largest absolute Gasteiger partial charge is 0.321 e. The smallest absolute Gasteiger partial charge is 0.266 e. The molecule has 2 aromatic carbocycles. The topological polar surface area (TPSA) is 118 Å². The van der Waals surface area contributed by atoms with Crippen molar-refractivity contribution in [1.29, 1.82) is 5.26 Å². The predicted octanol–water partition coefficient (Wildman–Crippen LogP) is 3.94. The van der Waals surface area contributed by atoms with E-state index in [1.165, 1.54) is 30.3 Å². The second kappa shape index (κ2) is 8.78. The molecule has 0 saturated carbocycles. The number of anilines is 1. The van der Waals surface area contributed by atoms with Crippen LogP contribution in [0, 0.1) is 25.2 Å². The highest BCUT2D eigenvalue weighted by Crippen LogP contribution is 2.24. The number of amides is 1. The number of rotatable bonds is 5. The van der Waals surface area contributed by atoms with Gasteiger partial charge in [0.05, 0.1) is 4.90 Å². The highest BCUT2D eigenvalue weighted by atomic mass is 35.5. The van der Waals surface area contributed by atoms with E-state index in [1.54, 1.807) is 12.1 Å². The van der Waals surface area contributed by atoms with E-state index in [1.807, 2.05) is 42.7 Å². The number of halogens is 1. The summed E-state index contributed by atoms with van der Waals surface area (Å²) < 4.78 is 24.7. The van der Waals surface area contributed by atoms with E-state index in [9.17, 15) is 18.5 Å². The molecule has 1 heterocycles. The fourth-order valence-electron chi connectivity index (χ4n) is 3.15.